The number of amides is 1. The third-order valence-corrected chi connectivity index (χ3v) is 5.35. The maximum absolute atomic E-state index is 12.5. The minimum Gasteiger partial charge on any atom is -0.482 e. The molecule has 1 aliphatic heterocycles. The van der Waals surface area contributed by atoms with E-state index in [4.69, 9.17) is 4.74 Å². The van der Waals surface area contributed by atoms with Gasteiger partial charge in [0, 0.05) is 12.2 Å². The lowest BCUT2D eigenvalue weighted by Crippen LogP contribution is -2.31. The zero-order valence-electron chi connectivity index (χ0n) is 14.2. The number of anilines is 1. The van der Waals surface area contributed by atoms with Crippen LogP contribution in [-0.2, 0) is 14.8 Å². The van der Waals surface area contributed by atoms with E-state index in [0.717, 1.165) is 11.4 Å². The highest BCUT2D eigenvalue weighted by molar-refractivity contribution is 7.89. The average molecular weight is 364 g/mol. The van der Waals surface area contributed by atoms with Crippen molar-refractivity contribution in [2.24, 2.45) is 0 Å². The Morgan fingerprint density at radius 1 is 1.36 bits per heavy atom. The Kier molecular flexibility index (Phi) is 4.53. The van der Waals surface area contributed by atoms with E-state index in [1.54, 1.807) is 4.68 Å². The van der Waals surface area contributed by atoms with Gasteiger partial charge in [-0.2, -0.15) is 5.10 Å². The average Bonchev–Trinajstić information content (AvgIpc) is 2.90. The van der Waals surface area contributed by atoms with E-state index in [2.05, 4.69) is 15.1 Å². The molecule has 0 saturated heterocycles. The van der Waals surface area contributed by atoms with Gasteiger partial charge >= 0.3 is 0 Å². The topological polar surface area (TPSA) is 102 Å². The molecule has 2 N–H and O–H groups in total. The van der Waals surface area contributed by atoms with Crippen LogP contribution in [0, 0.1) is 13.8 Å². The number of hydrogen-bond donors (Lipinski definition) is 2. The van der Waals surface area contributed by atoms with E-state index in [1.165, 1.54) is 18.2 Å². The van der Waals surface area contributed by atoms with E-state index in [9.17, 15) is 13.2 Å². The highest BCUT2D eigenvalue weighted by atomic mass is 32.2. The lowest BCUT2D eigenvalue weighted by molar-refractivity contribution is -0.118. The van der Waals surface area contributed by atoms with Gasteiger partial charge in [0.05, 0.1) is 22.3 Å². The molecule has 1 aromatic carbocycles. The molecule has 0 bridgehead atoms. The van der Waals surface area contributed by atoms with Crippen molar-refractivity contribution >= 4 is 21.6 Å². The fourth-order valence-corrected chi connectivity index (χ4v) is 3.87. The molecule has 8 nitrogen and oxygen atoms in total. The van der Waals surface area contributed by atoms with Gasteiger partial charge in [-0.25, -0.2) is 13.1 Å². The second-order valence-electron chi connectivity index (χ2n) is 6.07. The van der Waals surface area contributed by atoms with Crippen LogP contribution < -0.4 is 14.8 Å². The van der Waals surface area contributed by atoms with Crippen LogP contribution in [0.1, 0.15) is 24.4 Å². The molecule has 0 spiro atoms. The van der Waals surface area contributed by atoms with Gasteiger partial charge < -0.3 is 10.1 Å². The predicted octanol–water partition coefficient (Wildman–Crippen LogP) is 1.37. The number of nitrogens with zero attached hydrogens (tertiary/aromatic N) is 2. The van der Waals surface area contributed by atoms with Crippen molar-refractivity contribution in [3.05, 3.63) is 35.7 Å². The lowest BCUT2D eigenvalue weighted by atomic mass is 10.2. The van der Waals surface area contributed by atoms with Crippen LogP contribution in [0.5, 0.6) is 5.75 Å². The van der Waals surface area contributed by atoms with E-state index in [0.29, 0.717) is 11.4 Å². The van der Waals surface area contributed by atoms with E-state index >= 15 is 0 Å². The van der Waals surface area contributed by atoms with Crippen molar-refractivity contribution in [2.75, 3.05) is 18.5 Å². The summed E-state index contributed by atoms with van der Waals surface area (Å²) in [6, 6.07) is 6.18. The molecule has 1 aromatic heterocycles. The molecule has 134 valence electrons. The first kappa shape index (κ1) is 17.4. The molecule has 2 aromatic rings. The van der Waals surface area contributed by atoms with E-state index < -0.39 is 10.0 Å². The molecule has 2 heterocycles. The first-order chi connectivity index (χ1) is 11.8. The van der Waals surface area contributed by atoms with Crippen molar-refractivity contribution in [3.8, 4) is 5.75 Å². The molecule has 0 aliphatic carbocycles. The van der Waals surface area contributed by atoms with Gasteiger partial charge in [-0.3, -0.25) is 9.48 Å². The SMILES string of the molecule is Cc1cc(C)n([C@H](C)CNS(=O)(=O)c2ccc3c(c2)NC(=O)CO3)n1. The summed E-state index contributed by atoms with van der Waals surface area (Å²) in [7, 11) is -3.72. The van der Waals surface area contributed by atoms with Gasteiger partial charge in [0.25, 0.3) is 5.91 Å². The first-order valence-electron chi connectivity index (χ1n) is 7.85. The number of carbonyl (C=O) groups is 1. The number of benzene rings is 1. The predicted molar refractivity (Wildman–Crippen MR) is 92.2 cm³/mol. The summed E-state index contributed by atoms with van der Waals surface area (Å²) in [5.41, 5.74) is 2.21. The highest BCUT2D eigenvalue weighted by Gasteiger charge is 2.21. The molecule has 1 aliphatic rings. The van der Waals surface area contributed by atoms with Gasteiger partial charge in [-0.05, 0) is 45.0 Å². The Labute approximate surface area is 146 Å². The number of hydrogen-bond acceptors (Lipinski definition) is 5. The fourth-order valence-electron chi connectivity index (χ4n) is 2.72. The summed E-state index contributed by atoms with van der Waals surface area (Å²) >= 11 is 0. The quantitative estimate of drug-likeness (QED) is 0.834. The third kappa shape index (κ3) is 3.67. The summed E-state index contributed by atoms with van der Waals surface area (Å²) in [4.78, 5) is 11.4. The molecule has 0 fully saturated rings. The minimum atomic E-state index is -3.72. The molecule has 9 heteroatoms. The Balaban J connectivity index is 1.75. The summed E-state index contributed by atoms with van der Waals surface area (Å²) in [6.45, 7) is 5.84. The molecule has 25 heavy (non-hydrogen) atoms. The number of rotatable bonds is 5. The van der Waals surface area contributed by atoms with Crippen LogP contribution in [0.2, 0.25) is 0 Å². The second-order valence-corrected chi connectivity index (χ2v) is 7.83. The smallest absolute Gasteiger partial charge is 0.262 e. The molecule has 3 rings (SSSR count). The molecular weight excluding hydrogens is 344 g/mol. The van der Waals surface area contributed by atoms with Crippen LogP contribution >= 0.6 is 0 Å². The maximum atomic E-state index is 12.5. The monoisotopic (exact) mass is 364 g/mol. The molecule has 1 amide bonds. The maximum Gasteiger partial charge on any atom is 0.262 e. The molecule has 0 saturated carbocycles. The largest absolute Gasteiger partial charge is 0.482 e. The molecule has 0 radical (unpaired) electrons. The van der Waals surface area contributed by atoms with Crippen LogP contribution in [0.3, 0.4) is 0 Å². The van der Waals surface area contributed by atoms with Crippen molar-refractivity contribution in [3.63, 3.8) is 0 Å². The Bertz CT molecular complexity index is 920. The highest BCUT2D eigenvalue weighted by Crippen LogP contribution is 2.30. The zero-order chi connectivity index (χ0) is 18.2. The van der Waals surface area contributed by atoms with Crippen LogP contribution in [0.25, 0.3) is 0 Å². The van der Waals surface area contributed by atoms with Gasteiger partial charge in [0.1, 0.15) is 5.75 Å². The van der Waals surface area contributed by atoms with Gasteiger partial charge in [-0.15, -0.1) is 0 Å². The van der Waals surface area contributed by atoms with Gasteiger partial charge in [0.2, 0.25) is 10.0 Å². The second kappa shape index (κ2) is 6.49. The summed E-state index contributed by atoms with van der Waals surface area (Å²) in [5.74, 6) is 0.141. The Morgan fingerprint density at radius 3 is 2.80 bits per heavy atom. The molecular formula is C16H20N4O4S. The first-order valence-corrected chi connectivity index (χ1v) is 9.34. The molecule has 1 atom stereocenters. The summed E-state index contributed by atoms with van der Waals surface area (Å²) in [5, 5.41) is 6.97. The zero-order valence-corrected chi connectivity index (χ0v) is 15.1. The normalized spacial score (nSPS) is 15.2. The number of fused-ring (bicyclic) bond motifs is 1. The van der Waals surface area contributed by atoms with E-state index in [1.807, 2.05) is 26.8 Å². The number of nitrogens with one attached hydrogen (secondary N) is 2. The third-order valence-electron chi connectivity index (χ3n) is 3.93. The van der Waals surface area contributed by atoms with Gasteiger partial charge in [-0.1, -0.05) is 0 Å². The van der Waals surface area contributed by atoms with Crippen LogP contribution in [0.15, 0.2) is 29.2 Å². The van der Waals surface area contributed by atoms with Crippen molar-refractivity contribution in [1.82, 2.24) is 14.5 Å². The number of sulfonamides is 1. The van der Waals surface area contributed by atoms with Crippen molar-refractivity contribution in [1.29, 1.82) is 0 Å². The minimum absolute atomic E-state index is 0.0672. The van der Waals surface area contributed by atoms with Gasteiger partial charge in [0.15, 0.2) is 6.61 Å². The van der Waals surface area contributed by atoms with E-state index in [-0.39, 0.29) is 30.0 Å². The number of aryl methyl sites for hydroxylation is 2. The summed E-state index contributed by atoms with van der Waals surface area (Å²) < 4.78 is 34.7. The van der Waals surface area contributed by atoms with Crippen molar-refractivity contribution in [2.45, 2.75) is 31.7 Å². The van der Waals surface area contributed by atoms with Crippen LogP contribution in [-0.4, -0.2) is 37.3 Å². The van der Waals surface area contributed by atoms with Crippen LogP contribution in [0.4, 0.5) is 5.69 Å². The van der Waals surface area contributed by atoms with Crippen molar-refractivity contribution < 1.29 is 17.9 Å². The Hall–Kier alpha value is -2.39. The lowest BCUT2D eigenvalue weighted by Gasteiger charge is -2.19. The Morgan fingerprint density at radius 2 is 2.12 bits per heavy atom. The standard InChI is InChI=1S/C16H20N4O4S/c1-10-6-11(2)20(19-10)12(3)8-17-25(22,23)13-4-5-15-14(7-13)18-16(21)9-24-15/h4-7,12,17H,8-9H2,1-3H3,(H,18,21)/t12-/m1/s1. The number of ether oxygens (including phenoxy) is 1. The summed E-state index contributed by atoms with van der Waals surface area (Å²) in [6.07, 6.45) is 0. The number of aromatic nitrogens is 2. The fraction of sp³-hybridized carbons (Fsp3) is 0.375. The molecule has 0 unspecified atom stereocenters. The number of carbonyl (C=O) groups excluding carboxylic acids is 1.